The first-order valence-corrected chi connectivity index (χ1v) is 9.52. The topological polar surface area (TPSA) is 80.3 Å². The summed E-state index contributed by atoms with van der Waals surface area (Å²) in [6.07, 6.45) is 1.45. The summed E-state index contributed by atoms with van der Waals surface area (Å²) in [5, 5.41) is -0.425. The molecule has 0 aliphatic heterocycles. The van der Waals surface area contributed by atoms with Gasteiger partial charge in [-0.2, -0.15) is 0 Å². The van der Waals surface area contributed by atoms with Gasteiger partial charge in [0.1, 0.15) is 10.7 Å². The molecule has 1 aromatic rings. The van der Waals surface area contributed by atoms with Crippen LogP contribution in [-0.2, 0) is 19.9 Å². The Hall–Kier alpha value is -0.700. The predicted molar refractivity (Wildman–Crippen MR) is 74.6 cm³/mol. The number of hydrogen-bond acceptors (Lipinski definition) is 4. The molecule has 0 heterocycles. The van der Waals surface area contributed by atoms with Gasteiger partial charge in [0.2, 0.25) is 10.0 Å². The van der Waals surface area contributed by atoms with Gasteiger partial charge in [-0.15, -0.1) is 11.6 Å². The summed E-state index contributed by atoms with van der Waals surface area (Å²) in [4.78, 5) is -0.974. The summed E-state index contributed by atoms with van der Waals surface area (Å²) < 4.78 is 62.4. The average molecular weight is 344 g/mol. The first-order valence-electron chi connectivity index (χ1n) is 5.71. The second-order valence-electron chi connectivity index (χ2n) is 4.22. The smallest absolute Gasteiger partial charge is 0.224 e. The fourth-order valence-electron chi connectivity index (χ4n) is 1.34. The lowest BCUT2D eigenvalue weighted by molar-refractivity contribution is 0.553. The molecule has 9 heteroatoms. The number of benzene rings is 1. The van der Waals surface area contributed by atoms with Gasteiger partial charge in [-0.1, -0.05) is 6.92 Å². The highest BCUT2D eigenvalue weighted by Crippen LogP contribution is 2.19. The number of nitrogens with one attached hydrogen (secondary N) is 1. The summed E-state index contributed by atoms with van der Waals surface area (Å²) in [5.41, 5.74) is 0. The fourth-order valence-corrected chi connectivity index (χ4v) is 3.42. The van der Waals surface area contributed by atoms with E-state index in [1.54, 1.807) is 6.92 Å². The average Bonchev–Trinajstić information content (AvgIpc) is 2.34. The van der Waals surface area contributed by atoms with Crippen LogP contribution in [-0.4, -0.2) is 35.0 Å². The predicted octanol–water partition coefficient (Wildman–Crippen LogP) is 1.52. The Morgan fingerprint density at radius 1 is 1.30 bits per heavy atom. The van der Waals surface area contributed by atoms with Crippen LogP contribution in [0.2, 0.25) is 0 Å². The molecule has 0 bridgehead atoms. The van der Waals surface area contributed by atoms with Gasteiger partial charge in [-0.25, -0.2) is 25.9 Å². The van der Waals surface area contributed by atoms with Gasteiger partial charge in [0, 0.05) is 18.2 Å². The number of rotatable bonds is 6. The lowest BCUT2D eigenvalue weighted by atomic mass is 10.3. The van der Waals surface area contributed by atoms with Crippen molar-refractivity contribution in [3.63, 3.8) is 0 Å². The zero-order valence-electron chi connectivity index (χ0n) is 10.9. The van der Waals surface area contributed by atoms with Crippen LogP contribution in [0.25, 0.3) is 0 Å². The van der Waals surface area contributed by atoms with Crippen molar-refractivity contribution in [3.8, 4) is 0 Å². The van der Waals surface area contributed by atoms with Crippen molar-refractivity contribution in [3.05, 3.63) is 24.0 Å². The molecule has 0 saturated heterocycles. The van der Waals surface area contributed by atoms with E-state index in [1.165, 1.54) is 0 Å². The maximum Gasteiger partial charge on any atom is 0.243 e. The molecule has 0 radical (unpaired) electrons. The van der Waals surface area contributed by atoms with Crippen molar-refractivity contribution in [1.29, 1.82) is 0 Å². The van der Waals surface area contributed by atoms with Crippen molar-refractivity contribution < 1.29 is 21.2 Å². The van der Waals surface area contributed by atoms with Crippen LogP contribution in [0.4, 0.5) is 4.39 Å². The van der Waals surface area contributed by atoms with Gasteiger partial charge in [-0.3, -0.25) is 0 Å². The van der Waals surface area contributed by atoms with Gasteiger partial charge in [0.05, 0.1) is 4.90 Å². The van der Waals surface area contributed by atoms with Gasteiger partial charge in [0.15, 0.2) is 9.84 Å². The van der Waals surface area contributed by atoms with Crippen LogP contribution in [0.1, 0.15) is 13.3 Å². The molecule has 1 rings (SSSR count). The van der Waals surface area contributed by atoms with Gasteiger partial charge >= 0.3 is 0 Å². The maximum atomic E-state index is 13.6. The zero-order chi connectivity index (χ0) is 15.6. The molecule has 1 N–H and O–H groups in total. The second-order valence-corrected chi connectivity index (χ2v) is 8.59. The van der Waals surface area contributed by atoms with E-state index in [0.717, 1.165) is 24.5 Å². The summed E-state index contributed by atoms with van der Waals surface area (Å²) in [6, 6.07) is 2.62. The van der Waals surface area contributed by atoms with Crippen molar-refractivity contribution in [1.82, 2.24) is 4.72 Å². The quantitative estimate of drug-likeness (QED) is 0.627. The van der Waals surface area contributed by atoms with Crippen LogP contribution in [0.3, 0.4) is 0 Å². The third kappa shape index (κ3) is 4.41. The second kappa shape index (κ2) is 6.38. The summed E-state index contributed by atoms with van der Waals surface area (Å²) in [5.74, 6) is -1.02. The highest BCUT2D eigenvalue weighted by molar-refractivity contribution is 7.91. The molecule has 114 valence electrons. The number of sulfonamides is 1. The minimum absolute atomic E-state index is 0.0665. The first kappa shape index (κ1) is 17.4. The normalized spacial score (nSPS) is 14.2. The molecule has 0 spiro atoms. The molecular weight excluding hydrogens is 329 g/mol. The van der Waals surface area contributed by atoms with Crippen molar-refractivity contribution in [2.24, 2.45) is 0 Å². The van der Waals surface area contributed by atoms with Crippen molar-refractivity contribution >= 4 is 31.5 Å². The molecule has 5 nitrogen and oxygen atoms in total. The summed E-state index contributed by atoms with van der Waals surface area (Å²) >= 11 is 5.79. The van der Waals surface area contributed by atoms with Gasteiger partial charge in [0.25, 0.3) is 0 Å². The van der Waals surface area contributed by atoms with E-state index in [-0.39, 0.29) is 11.4 Å². The monoisotopic (exact) mass is 343 g/mol. The zero-order valence-corrected chi connectivity index (χ0v) is 13.3. The SMILES string of the molecule is CCC(Cl)CNS(=O)(=O)c1cc(S(C)(=O)=O)ccc1F. The van der Waals surface area contributed by atoms with Crippen LogP contribution >= 0.6 is 11.6 Å². The standard InChI is InChI=1S/C11H15ClFNO4S2/c1-3-8(12)7-14-20(17,18)11-6-9(19(2,15)16)4-5-10(11)13/h4-6,8,14H,3,7H2,1-2H3. The van der Waals surface area contributed by atoms with E-state index >= 15 is 0 Å². The van der Waals surface area contributed by atoms with Gasteiger partial charge < -0.3 is 0 Å². The van der Waals surface area contributed by atoms with E-state index in [9.17, 15) is 21.2 Å². The van der Waals surface area contributed by atoms with E-state index in [0.29, 0.717) is 6.42 Å². The fraction of sp³-hybridized carbons (Fsp3) is 0.455. The molecule has 0 aliphatic carbocycles. The van der Waals surface area contributed by atoms with E-state index in [4.69, 9.17) is 11.6 Å². The number of sulfone groups is 1. The Morgan fingerprint density at radius 3 is 2.40 bits per heavy atom. The van der Waals surface area contributed by atoms with Crippen LogP contribution in [0, 0.1) is 5.82 Å². The first-order chi connectivity index (χ1) is 9.08. The molecule has 1 atom stereocenters. The van der Waals surface area contributed by atoms with Crippen LogP contribution < -0.4 is 4.72 Å². The molecule has 0 aromatic heterocycles. The van der Waals surface area contributed by atoms with Crippen LogP contribution in [0.15, 0.2) is 28.0 Å². The molecule has 0 amide bonds. The molecule has 0 aliphatic rings. The third-order valence-electron chi connectivity index (χ3n) is 2.56. The van der Waals surface area contributed by atoms with Crippen molar-refractivity contribution in [2.45, 2.75) is 28.5 Å². The van der Waals surface area contributed by atoms with E-state index in [2.05, 4.69) is 4.72 Å². The largest absolute Gasteiger partial charge is 0.243 e. The number of alkyl halides is 1. The molecule has 0 saturated carbocycles. The van der Waals surface area contributed by atoms with E-state index < -0.39 is 36.0 Å². The van der Waals surface area contributed by atoms with Gasteiger partial charge in [-0.05, 0) is 24.6 Å². The summed E-state index contributed by atoms with van der Waals surface area (Å²) in [7, 11) is -7.78. The van der Waals surface area contributed by atoms with Crippen LogP contribution in [0.5, 0.6) is 0 Å². The Balaban J connectivity index is 3.18. The Bertz CT molecular complexity index is 688. The molecule has 0 fully saturated rings. The molecular formula is C11H15ClFNO4S2. The minimum atomic E-state index is -4.15. The highest BCUT2D eigenvalue weighted by atomic mass is 35.5. The minimum Gasteiger partial charge on any atom is -0.224 e. The molecule has 20 heavy (non-hydrogen) atoms. The van der Waals surface area contributed by atoms with Crippen molar-refractivity contribution in [2.75, 3.05) is 12.8 Å². The number of halogens is 2. The molecule has 1 aromatic carbocycles. The lowest BCUT2D eigenvalue weighted by Crippen LogP contribution is -2.30. The lowest BCUT2D eigenvalue weighted by Gasteiger charge is -2.11. The van der Waals surface area contributed by atoms with E-state index in [1.807, 2.05) is 0 Å². The summed E-state index contributed by atoms with van der Waals surface area (Å²) in [6.45, 7) is 1.71. The number of hydrogen-bond donors (Lipinski definition) is 1. The Kier molecular flexibility index (Phi) is 5.54. The maximum absolute atomic E-state index is 13.6. The Morgan fingerprint density at radius 2 is 1.90 bits per heavy atom. The Labute approximate surface area is 123 Å². The molecule has 1 unspecified atom stereocenters. The highest BCUT2D eigenvalue weighted by Gasteiger charge is 2.22. The third-order valence-corrected chi connectivity index (χ3v) is 5.57.